The largest absolute Gasteiger partial charge is 0.369 e. The third-order valence-corrected chi connectivity index (χ3v) is 9.69. The molecule has 1 aromatic rings. The number of hydrogen-bond donors (Lipinski definition) is 5. The Morgan fingerprint density at radius 3 is 2.00 bits per heavy atom. The summed E-state index contributed by atoms with van der Waals surface area (Å²) in [5, 5.41) is 7.32. The molecule has 3 aliphatic rings. The van der Waals surface area contributed by atoms with Gasteiger partial charge in [0.2, 0.25) is 0 Å². The van der Waals surface area contributed by atoms with Crippen molar-refractivity contribution < 1.29 is 33.8 Å². The number of nitrogens with zero attached hydrogens (tertiary/aromatic N) is 1. The van der Waals surface area contributed by atoms with Crippen LogP contribution in [0.5, 0.6) is 0 Å². The van der Waals surface area contributed by atoms with E-state index < -0.39 is 26.7 Å². The highest BCUT2D eigenvalue weighted by atomic mass is 35.5. The highest BCUT2D eigenvalue weighted by Gasteiger charge is 2.59. The molecule has 2 saturated heterocycles. The van der Waals surface area contributed by atoms with E-state index in [1.807, 2.05) is 29.2 Å². The van der Waals surface area contributed by atoms with Gasteiger partial charge in [0, 0.05) is 31.1 Å². The minimum absolute atomic E-state index is 0.00700. The topological polar surface area (TPSA) is 139 Å². The number of halogens is 1. The van der Waals surface area contributed by atoms with E-state index in [1.165, 1.54) is 5.56 Å². The molecule has 4 rings (SSSR count). The van der Waals surface area contributed by atoms with Crippen molar-refractivity contribution in [3.63, 3.8) is 0 Å². The van der Waals surface area contributed by atoms with Crippen LogP contribution in [0.1, 0.15) is 24.3 Å². The van der Waals surface area contributed by atoms with E-state index in [0.717, 1.165) is 6.42 Å². The summed E-state index contributed by atoms with van der Waals surface area (Å²) in [5.74, 6) is 1.13. The number of fused-ring (bicyclic) bond motifs is 2. The van der Waals surface area contributed by atoms with Crippen LogP contribution >= 0.6 is 26.8 Å². The normalized spacial score (nSPS) is 27.2. The monoisotopic (exact) mass is 425 g/mol. The lowest BCUT2D eigenvalue weighted by molar-refractivity contribution is -0.00817. The van der Waals surface area contributed by atoms with Gasteiger partial charge in [0.1, 0.15) is 0 Å². The summed E-state index contributed by atoms with van der Waals surface area (Å²) in [7, 11) is -10.8. The second-order valence-corrected chi connectivity index (χ2v) is 11.7. The quantitative estimate of drug-likeness (QED) is 0.435. The minimum atomic E-state index is -5.39. The lowest BCUT2D eigenvalue weighted by Crippen LogP contribution is -2.54. The van der Waals surface area contributed by atoms with Crippen LogP contribution in [0.4, 0.5) is 0 Å². The summed E-state index contributed by atoms with van der Waals surface area (Å²) in [6.45, 7) is 1.32. The fraction of sp³-hybridized carbons (Fsp3) is 0.600. The van der Waals surface area contributed by atoms with Crippen LogP contribution in [-0.4, -0.2) is 54.3 Å². The number of aliphatic hydroxyl groups is 1. The third kappa shape index (κ3) is 3.68. The zero-order chi connectivity index (χ0) is 19.3. The van der Waals surface area contributed by atoms with Crippen molar-refractivity contribution in [2.45, 2.75) is 23.8 Å². The molecule has 0 radical (unpaired) electrons. The van der Waals surface area contributed by atoms with Crippen molar-refractivity contribution in [3.8, 4) is 0 Å². The van der Waals surface area contributed by atoms with Crippen LogP contribution in [0.2, 0.25) is 5.02 Å². The fourth-order valence-corrected chi connectivity index (χ4v) is 6.43. The molecule has 3 fully saturated rings. The van der Waals surface area contributed by atoms with E-state index in [-0.39, 0.29) is 6.54 Å². The summed E-state index contributed by atoms with van der Waals surface area (Å²) in [4.78, 5) is 38.8. The van der Waals surface area contributed by atoms with Crippen LogP contribution in [0, 0.1) is 11.8 Å². The fourth-order valence-electron chi connectivity index (χ4n) is 4.17. The van der Waals surface area contributed by atoms with Crippen LogP contribution in [0.15, 0.2) is 24.3 Å². The van der Waals surface area contributed by atoms with Gasteiger partial charge in [-0.1, -0.05) is 23.7 Å². The van der Waals surface area contributed by atoms with E-state index in [0.29, 0.717) is 35.9 Å². The van der Waals surface area contributed by atoms with E-state index in [9.17, 15) is 33.8 Å². The van der Waals surface area contributed by atoms with Crippen molar-refractivity contribution in [1.82, 2.24) is 4.90 Å². The third-order valence-electron chi connectivity index (χ3n) is 5.56. The lowest BCUT2D eigenvalue weighted by Gasteiger charge is -2.54. The zero-order valence-electron chi connectivity index (χ0n) is 13.8. The predicted octanol–water partition coefficient (Wildman–Crippen LogP) is 1.77. The first kappa shape index (κ1) is 20.5. The van der Waals surface area contributed by atoms with E-state index in [1.54, 1.807) is 0 Å². The van der Waals surface area contributed by atoms with Crippen molar-refractivity contribution in [2.75, 3.05) is 19.6 Å². The molecule has 2 bridgehead atoms. The molecule has 2 heterocycles. The maximum Gasteiger partial charge on any atom is 0.369 e. The molecule has 0 aromatic heterocycles. The minimum Gasteiger partial charge on any atom is -0.367 e. The Labute approximate surface area is 156 Å². The highest BCUT2D eigenvalue weighted by Crippen LogP contribution is 2.69. The Bertz CT molecular complexity index is 728. The molecule has 2 unspecified atom stereocenters. The molecular formula is C15H22ClNO7P2. The molecule has 1 saturated carbocycles. The second kappa shape index (κ2) is 6.96. The second-order valence-electron chi connectivity index (χ2n) is 7.21. The Kier molecular flexibility index (Phi) is 5.48. The maximum absolute atomic E-state index is 11.4. The number of benzene rings is 1. The molecule has 0 spiro atoms. The van der Waals surface area contributed by atoms with Crippen molar-refractivity contribution in [2.24, 2.45) is 11.8 Å². The first-order chi connectivity index (χ1) is 11.9. The molecule has 8 nitrogen and oxygen atoms in total. The molecular weight excluding hydrogens is 404 g/mol. The van der Waals surface area contributed by atoms with Gasteiger partial charge < -0.3 is 29.6 Å². The standard InChI is InChI=1S/C15H22ClNO7P2/c16-13-3-1-10(2-4-13)14-11-7-12(14)9-17(8-11)6-5-15(18,25(19,20)21)26(22,23)24/h1-4,11-12,14,18H,5-9H2,(H2,19,20,21)(H2,22,23,24). The molecule has 146 valence electrons. The molecule has 5 N–H and O–H groups in total. The molecule has 1 aliphatic carbocycles. The smallest absolute Gasteiger partial charge is 0.367 e. The van der Waals surface area contributed by atoms with Crippen molar-refractivity contribution >= 4 is 26.8 Å². The van der Waals surface area contributed by atoms with Gasteiger partial charge in [0.05, 0.1) is 0 Å². The highest BCUT2D eigenvalue weighted by molar-refractivity contribution is 7.72. The first-order valence-corrected chi connectivity index (χ1v) is 11.8. The van der Waals surface area contributed by atoms with Gasteiger partial charge >= 0.3 is 15.2 Å². The Morgan fingerprint density at radius 1 is 1.04 bits per heavy atom. The van der Waals surface area contributed by atoms with Gasteiger partial charge in [0.25, 0.3) is 5.08 Å². The van der Waals surface area contributed by atoms with E-state index in [2.05, 4.69) is 0 Å². The van der Waals surface area contributed by atoms with Gasteiger partial charge in [-0.05, 0) is 41.9 Å². The summed E-state index contributed by atoms with van der Waals surface area (Å²) in [6.07, 6.45) is 0.359. The summed E-state index contributed by atoms with van der Waals surface area (Å²) in [6, 6.07) is 7.70. The molecule has 1 aromatic carbocycles. The van der Waals surface area contributed by atoms with Crippen molar-refractivity contribution in [1.29, 1.82) is 0 Å². The summed E-state index contributed by atoms with van der Waals surface area (Å²) in [5.41, 5.74) is 1.21. The predicted molar refractivity (Wildman–Crippen MR) is 95.9 cm³/mol. The van der Waals surface area contributed by atoms with Gasteiger partial charge in [-0.3, -0.25) is 9.13 Å². The molecule has 2 atom stereocenters. The number of rotatable bonds is 6. The van der Waals surface area contributed by atoms with Gasteiger partial charge in [-0.15, -0.1) is 0 Å². The van der Waals surface area contributed by atoms with Gasteiger partial charge in [-0.25, -0.2) is 0 Å². The molecule has 26 heavy (non-hydrogen) atoms. The summed E-state index contributed by atoms with van der Waals surface area (Å²) < 4.78 is 22.9. The van der Waals surface area contributed by atoms with Crippen molar-refractivity contribution in [3.05, 3.63) is 34.9 Å². The van der Waals surface area contributed by atoms with E-state index in [4.69, 9.17) is 11.6 Å². The Morgan fingerprint density at radius 2 is 1.54 bits per heavy atom. The first-order valence-electron chi connectivity index (χ1n) is 8.24. The average molecular weight is 426 g/mol. The Balaban J connectivity index is 1.64. The van der Waals surface area contributed by atoms with E-state index >= 15 is 0 Å². The van der Waals surface area contributed by atoms with Crippen LogP contribution < -0.4 is 0 Å². The summed E-state index contributed by atoms with van der Waals surface area (Å²) >= 11 is 5.92. The molecule has 11 heteroatoms. The van der Waals surface area contributed by atoms with Crippen LogP contribution in [0.25, 0.3) is 0 Å². The number of piperidine rings is 2. The average Bonchev–Trinajstić information content (AvgIpc) is 2.52. The van der Waals surface area contributed by atoms with Gasteiger partial charge in [0.15, 0.2) is 0 Å². The van der Waals surface area contributed by atoms with Gasteiger partial charge in [-0.2, -0.15) is 0 Å². The zero-order valence-corrected chi connectivity index (χ0v) is 16.4. The maximum atomic E-state index is 11.4. The van der Waals surface area contributed by atoms with Crippen LogP contribution in [-0.2, 0) is 9.13 Å². The number of hydrogen-bond acceptors (Lipinski definition) is 4. The molecule has 2 aliphatic heterocycles. The van der Waals surface area contributed by atoms with Crippen LogP contribution in [0.3, 0.4) is 0 Å². The SMILES string of the molecule is O=P(O)(O)C(O)(CCN1CC2CC(C1)C2c1ccc(Cl)cc1)P(=O)(O)O. The lowest BCUT2D eigenvalue weighted by atomic mass is 9.59. The molecule has 0 amide bonds. The Hall–Kier alpha value is -0.270.